The fourth-order valence-electron chi connectivity index (χ4n) is 2.22. The smallest absolute Gasteiger partial charge is 0.224 e. The van der Waals surface area contributed by atoms with E-state index in [0.29, 0.717) is 5.02 Å². The maximum absolute atomic E-state index is 12.1. The lowest BCUT2D eigenvalue weighted by Gasteiger charge is -2.14. The summed E-state index contributed by atoms with van der Waals surface area (Å²) in [6.45, 7) is 3.39. The standard InChI is InChI=1S/C18H19ClN2O2/c1-12(15-5-7-16(19)8-6-15)20-18(23)11-14-3-9-17(10-4-14)21-13(2)22/h3-10,12H,11H2,1-2H3,(H,20,23)(H,21,22). The number of amides is 2. The molecule has 0 aliphatic heterocycles. The van der Waals surface area contributed by atoms with Crippen molar-refractivity contribution in [3.8, 4) is 0 Å². The van der Waals surface area contributed by atoms with Crippen molar-refractivity contribution in [2.24, 2.45) is 0 Å². The summed E-state index contributed by atoms with van der Waals surface area (Å²) in [5.74, 6) is -0.174. The van der Waals surface area contributed by atoms with Crippen LogP contribution in [0.5, 0.6) is 0 Å². The molecule has 2 N–H and O–H groups in total. The summed E-state index contributed by atoms with van der Waals surface area (Å²) in [6, 6.07) is 14.6. The topological polar surface area (TPSA) is 58.2 Å². The van der Waals surface area contributed by atoms with Crippen LogP contribution in [0.2, 0.25) is 5.02 Å². The Balaban J connectivity index is 1.91. The van der Waals surface area contributed by atoms with Crippen molar-refractivity contribution < 1.29 is 9.59 Å². The van der Waals surface area contributed by atoms with Crippen LogP contribution in [0.1, 0.15) is 31.0 Å². The number of nitrogens with one attached hydrogen (secondary N) is 2. The van der Waals surface area contributed by atoms with Crippen LogP contribution in [0.25, 0.3) is 0 Å². The molecule has 0 saturated heterocycles. The highest BCUT2D eigenvalue weighted by Gasteiger charge is 2.10. The summed E-state index contributed by atoms with van der Waals surface area (Å²) in [5, 5.41) is 6.33. The number of anilines is 1. The van der Waals surface area contributed by atoms with Gasteiger partial charge in [-0.2, -0.15) is 0 Å². The van der Waals surface area contributed by atoms with E-state index >= 15 is 0 Å². The van der Waals surface area contributed by atoms with Gasteiger partial charge < -0.3 is 10.6 Å². The zero-order valence-electron chi connectivity index (χ0n) is 13.1. The van der Waals surface area contributed by atoms with Gasteiger partial charge in [-0.05, 0) is 42.3 Å². The maximum atomic E-state index is 12.1. The van der Waals surface area contributed by atoms with Crippen LogP contribution in [-0.2, 0) is 16.0 Å². The van der Waals surface area contributed by atoms with Crippen molar-refractivity contribution in [3.05, 3.63) is 64.7 Å². The molecule has 1 atom stereocenters. The van der Waals surface area contributed by atoms with E-state index < -0.39 is 0 Å². The minimum Gasteiger partial charge on any atom is -0.349 e. The number of carbonyl (C=O) groups excluding carboxylic acids is 2. The zero-order chi connectivity index (χ0) is 16.8. The fraction of sp³-hybridized carbons (Fsp3) is 0.222. The van der Waals surface area contributed by atoms with Gasteiger partial charge in [-0.3, -0.25) is 9.59 Å². The van der Waals surface area contributed by atoms with Crippen molar-refractivity contribution in [1.82, 2.24) is 5.32 Å². The molecule has 0 radical (unpaired) electrons. The molecule has 1 unspecified atom stereocenters. The van der Waals surface area contributed by atoms with Crippen molar-refractivity contribution in [2.45, 2.75) is 26.3 Å². The van der Waals surface area contributed by atoms with Gasteiger partial charge in [0, 0.05) is 17.6 Å². The quantitative estimate of drug-likeness (QED) is 0.877. The monoisotopic (exact) mass is 330 g/mol. The molecule has 23 heavy (non-hydrogen) atoms. The molecule has 2 amide bonds. The SMILES string of the molecule is CC(=O)Nc1ccc(CC(=O)NC(C)c2ccc(Cl)cc2)cc1. The van der Waals surface area contributed by atoms with E-state index in [2.05, 4.69) is 10.6 Å². The van der Waals surface area contributed by atoms with Gasteiger partial charge in [0.2, 0.25) is 11.8 Å². The summed E-state index contributed by atoms with van der Waals surface area (Å²) >= 11 is 5.86. The largest absolute Gasteiger partial charge is 0.349 e. The minimum atomic E-state index is -0.118. The van der Waals surface area contributed by atoms with Crippen LogP contribution in [0.3, 0.4) is 0 Å². The summed E-state index contributed by atoms with van der Waals surface area (Å²) in [6.07, 6.45) is 0.290. The number of hydrogen-bond donors (Lipinski definition) is 2. The van der Waals surface area contributed by atoms with Crippen molar-refractivity contribution in [1.29, 1.82) is 0 Å². The molecule has 0 spiro atoms. The van der Waals surface area contributed by atoms with E-state index in [1.54, 1.807) is 24.3 Å². The van der Waals surface area contributed by atoms with Gasteiger partial charge in [0.05, 0.1) is 12.5 Å². The Kier molecular flexibility index (Phi) is 5.77. The van der Waals surface area contributed by atoms with Gasteiger partial charge in [0.1, 0.15) is 0 Å². The van der Waals surface area contributed by atoms with Crippen molar-refractivity contribution in [3.63, 3.8) is 0 Å². The van der Waals surface area contributed by atoms with Gasteiger partial charge >= 0.3 is 0 Å². The Labute approximate surface area is 140 Å². The summed E-state index contributed by atoms with van der Waals surface area (Å²) < 4.78 is 0. The fourth-order valence-corrected chi connectivity index (χ4v) is 2.35. The molecular weight excluding hydrogens is 312 g/mol. The molecule has 2 aromatic carbocycles. The van der Waals surface area contributed by atoms with Crippen LogP contribution in [0.15, 0.2) is 48.5 Å². The Hall–Kier alpha value is -2.33. The number of rotatable bonds is 5. The molecule has 0 fully saturated rings. The van der Waals surface area contributed by atoms with Gasteiger partial charge in [-0.1, -0.05) is 35.9 Å². The molecule has 5 heteroatoms. The second kappa shape index (κ2) is 7.79. The first-order valence-corrected chi connectivity index (χ1v) is 7.73. The van der Waals surface area contributed by atoms with E-state index in [1.807, 2.05) is 31.2 Å². The van der Waals surface area contributed by atoms with Crippen LogP contribution in [0.4, 0.5) is 5.69 Å². The number of carbonyl (C=O) groups is 2. The molecular formula is C18H19ClN2O2. The summed E-state index contributed by atoms with van der Waals surface area (Å²) in [4.78, 5) is 23.1. The van der Waals surface area contributed by atoms with E-state index in [1.165, 1.54) is 6.92 Å². The lowest BCUT2D eigenvalue weighted by atomic mass is 10.1. The lowest BCUT2D eigenvalue weighted by molar-refractivity contribution is -0.121. The van der Waals surface area contributed by atoms with Gasteiger partial charge in [0.15, 0.2) is 0 Å². The first-order chi connectivity index (χ1) is 10.9. The molecule has 120 valence electrons. The van der Waals surface area contributed by atoms with Crippen molar-refractivity contribution >= 4 is 29.1 Å². The van der Waals surface area contributed by atoms with Gasteiger partial charge in [-0.25, -0.2) is 0 Å². The third kappa shape index (κ3) is 5.42. The van der Waals surface area contributed by atoms with Crippen molar-refractivity contribution in [2.75, 3.05) is 5.32 Å². The molecule has 0 aliphatic carbocycles. The third-order valence-electron chi connectivity index (χ3n) is 3.39. The summed E-state index contributed by atoms with van der Waals surface area (Å²) in [7, 11) is 0. The average molecular weight is 331 g/mol. The van der Waals surface area contributed by atoms with Crippen LogP contribution >= 0.6 is 11.6 Å². The normalized spacial score (nSPS) is 11.6. The highest BCUT2D eigenvalue weighted by atomic mass is 35.5. The molecule has 2 rings (SSSR count). The molecule has 2 aromatic rings. The Morgan fingerprint density at radius 1 is 1.04 bits per heavy atom. The summed E-state index contributed by atoms with van der Waals surface area (Å²) in [5.41, 5.74) is 2.61. The Morgan fingerprint density at radius 3 is 2.22 bits per heavy atom. The minimum absolute atomic E-state index is 0.0558. The van der Waals surface area contributed by atoms with Gasteiger partial charge in [0.25, 0.3) is 0 Å². The van der Waals surface area contributed by atoms with Gasteiger partial charge in [-0.15, -0.1) is 0 Å². The van der Waals surface area contributed by atoms with E-state index in [4.69, 9.17) is 11.6 Å². The number of hydrogen-bond acceptors (Lipinski definition) is 2. The molecule has 0 aliphatic rings. The molecule has 0 heterocycles. The number of halogens is 1. The van der Waals surface area contributed by atoms with Crippen LogP contribution in [-0.4, -0.2) is 11.8 Å². The van der Waals surface area contributed by atoms with E-state index in [-0.39, 0.29) is 24.3 Å². The lowest BCUT2D eigenvalue weighted by Crippen LogP contribution is -2.28. The number of benzene rings is 2. The maximum Gasteiger partial charge on any atom is 0.224 e. The predicted molar refractivity (Wildman–Crippen MR) is 92.5 cm³/mol. The average Bonchev–Trinajstić information content (AvgIpc) is 2.49. The molecule has 0 saturated carbocycles. The Morgan fingerprint density at radius 2 is 1.65 bits per heavy atom. The van der Waals surface area contributed by atoms with Crippen LogP contribution in [0, 0.1) is 0 Å². The second-order valence-electron chi connectivity index (χ2n) is 5.40. The zero-order valence-corrected chi connectivity index (χ0v) is 13.9. The molecule has 4 nitrogen and oxygen atoms in total. The van der Waals surface area contributed by atoms with E-state index in [0.717, 1.165) is 16.8 Å². The first kappa shape index (κ1) is 17.0. The molecule has 0 bridgehead atoms. The third-order valence-corrected chi connectivity index (χ3v) is 3.64. The first-order valence-electron chi connectivity index (χ1n) is 7.35. The molecule has 0 aromatic heterocycles. The van der Waals surface area contributed by atoms with Crippen LogP contribution < -0.4 is 10.6 Å². The van der Waals surface area contributed by atoms with E-state index in [9.17, 15) is 9.59 Å². The second-order valence-corrected chi connectivity index (χ2v) is 5.83. The predicted octanol–water partition coefficient (Wildman–Crippen LogP) is 3.72. The highest BCUT2D eigenvalue weighted by Crippen LogP contribution is 2.16. The highest BCUT2D eigenvalue weighted by molar-refractivity contribution is 6.30. The Bertz CT molecular complexity index is 681.